The van der Waals surface area contributed by atoms with Crippen LogP contribution in [-0.4, -0.2) is 31.7 Å². The molecule has 1 rings (SSSR count). The molecule has 0 saturated heterocycles. The van der Waals surface area contributed by atoms with Crippen molar-refractivity contribution in [2.75, 3.05) is 26.7 Å². The van der Waals surface area contributed by atoms with Crippen LogP contribution in [-0.2, 0) is 0 Å². The van der Waals surface area contributed by atoms with Gasteiger partial charge in [-0.05, 0) is 19.5 Å². The first kappa shape index (κ1) is 12.9. The number of nitrogens with one attached hydrogen (secondary N) is 2. The van der Waals surface area contributed by atoms with Gasteiger partial charge in [0.25, 0.3) is 0 Å². The van der Waals surface area contributed by atoms with E-state index in [0.717, 1.165) is 25.2 Å². The molecule has 0 radical (unpaired) electrons. The van der Waals surface area contributed by atoms with Crippen LogP contribution in [0.1, 0.15) is 25.5 Å². The van der Waals surface area contributed by atoms with Crippen molar-refractivity contribution in [2.45, 2.75) is 19.9 Å². The van der Waals surface area contributed by atoms with Gasteiger partial charge in [0.05, 0.1) is 7.11 Å². The number of nitrogens with zero attached hydrogens (tertiary/aromatic N) is 1. The number of hydrogen-bond donors (Lipinski definition) is 2. The summed E-state index contributed by atoms with van der Waals surface area (Å²) in [5, 5.41) is 6.70. The smallest absolute Gasteiger partial charge is 0.217 e. The van der Waals surface area contributed by atoms with Crippen LogP contribution in [0.25, 0.3) is 0 Å². The molecule has 1 aromatic heterocycles. The van der Waals surface area contributed by atoms with Crippen molar-refractivity contribution < 1.29 is 4.74 Å². The maximum atomic E-state index is 5.23. The van der Waals surface area contributed by atoms with Crippen LogP contribution in [0.3, 0.4) is 0 Å². The first-order chi connectivity index (χ1) is 7.79. The Bertz CT molecular complexity index is 304. The van der Waals surface area contributed by atoms with E-state index in [1.165, 1.54) is 0 Å². The highest BCUT2D eigenvalue weighted by atomic mass is 16.5. The van der Waals surface area contributed by atoms with Crippen LogP contribution < -0.4 is 15.4 Å². The predicted octanol–water partition coefficient (Wildman–Crippen LogP) is 1.35. The van der Waals surface area contributed by atoms with E-state index in [1.807, 2.05) is 12.1 Å². The average Bonchev–Trinajstić information content (AvgIpc) is 2.34. The highest BCUT2D eigenvalue weighted by Crippen LogP contribution is 2.21. The summed E-state index contributed by atoms with van der Waals surface area (Å²) in [7, 11) is 1.65. The van der Waals surface area contributed by atoms with Crippen molar-refractivity contribution in [2.24, 2.45) is 0 Å². The summed E-state index contributed by atoms with van der Waals surface area (Å²) >= 11 is 0. The lowest BCUT2D eigenvalue weighted by atomic mass is 10.1. The molecule has 0 aliphatic carbocycles. The first-order valence-electron chi connectivity index (χ1n) is 5.72. The van der Waals surface area contributed by atoms with Gasteiger partial charge < -0.3 is 15.4 Å². The zero-order valence-corrected chi connectivity index (χ0v) is 10.3. The van der Waals surface area contributed by atoms with Gasteiger partial charge in [-0.15, -0.1) is 0 Å². The van der Waals surface area contributed by atoms with E-state index in [2.05, 4.69) is 29.5 Å². The summed E-state index contributed by atoms with van der Waals surface area (Å²) < 4.78 is 5.23. The van der Waals surface area contributed by atoms with Crippen LogP contribution in [0.5, 0.6) is 5.88 Å². The molecule has 16 heavy (non-hydrogen) atoms. The molecule has 2 N–H and O–H groups in total. The van der Waals surface area contributed by atoms with Crippen molar-refractivity contribution in [3.05, 3.63) is 23.9 Å². The number of pyridine rings is 1. The summed E-state index contributed by atoms with van der Waals surface area (Å²) in [6.07, 6.45) is 1.74. The summed E-state index contributed by atoms with van der Waals surface area (Å²) in [5.74, 6) is 0.700. The fourth-order valence-electron chi connectivity index (χ4n) is 1.57. The van der Waals surface area contributed by atoms with Gasteiger partial charge in [0.2, 0.25) is 5.88 Å². The van der Waals surface area contributed by atoms with Crippen molar-refractivity contribution in [3.63, 3.8) is 0 Å². The number of likely N-dealkylation sites (N-methyl/N-ethyl adjacent to an activating group) is 1. The van der Waals surface area contributed by atoms with Crippen molar-refractivity contribution in [3.8, 4) is 5.88 Å². The van der Waals surface area contributed by atoms with Gasteiger partial charge in [-0.2, -0.15) is 0 Å². The molecule has 0 amide bonds. The fourth-order valence-corrected chi connectivity index (χ4v) is 1.57. The second-order valence-electron chi connectivity index (χ2n) is 3.63. The van der Waals surface area contributed by atoms with E-state index in [1.54, 1.807) is 13.3 Å². The van der Waals surface area contributed by atoms with Crippen LogP contribution in [0, 0.1) is 0 Å². The Hall–Kier alpha value is -1.13. The molecule has 1 atom stereocenters. The van der Waals surface area contributed by atoms with Gasteiger partial charge in [-0.1, -0.05) is 13.0 Å². The molecule has 4 nitrogen and oxygen atoms in total. The molecule has 90 valence electrons. The van der Waals surface area contributed by atoms with E-state index in [9.17, 15) is 0 Å². The topological polar surface area (TPSA) is 46.2 Å². The monoisotopic (exact) mass is 223 g/mol. The Labute approximate surface area is 97.4 Å². The Morgan fingerprint density at radius 3 is 2.94 bits per heavy atom. The van der Waals surface area contributed by atoms with Gasteiger partial charge in [0.1, 0.15) is 0 Å². The minimum atomic E-state index is 0.252. The number of hydrogen-bond acceptors (Lipinski definition) is 4. The van der Waals surface area contributed by atoms with Crippen LogP contribution in [0.4, 0.5) is 0 Å². The molecule has 0 saturated carbocycles. The second kappa shape index (κ2) is 7.19. The quantitative estimate of drug-likeness (QED) is 0.685. The largest absolute Gasteiger partial charge is 0.481 e. The molecule has 0 bridgehead atoms. The van der Waals surface area contributed by atoms with Gasteiger partial charge >= 0.3 is 0 Å². The highest BCUT2D eigenvalue weighted by Gasteiger charge is 2.10. The lowest BCUT2D eigenvalue weighted by Gasteiger charge is -2.16. The Morgan fingerprint density at radius 1 is 1.44 bits per heavy atom. The van der Waals surface area contributed by atoms with E-state index < -0.39 is 0 Å². The second-order valence-corrected chi connectivity index (χ2v) is 3.63. The molecule has 0 fully saturated rings. The summed E-state index contributed by atoms with van der Waals surface area (Å²) in [6, 6.07) is 4.22. The maximum Gasteiger partial charge on any atom is 0.217 e. The molecule has 0 aliphatic rings. The molecule has 0 aliphatic heterocycles. The normalized spacial score (nSPS) is 12.4. The number of methoxy groups -OCH3 is 1. The molecule has 1 heterocycles. The van der Waals surface area contributed by atoms with Gasteiger partial charge in [0.15, 0.2) is 0 Å². The van der Waals surface area contributed by atoms with Gasteiger partial charge in [0, 0.05) is 30.9 Å². The maximum absolute atomic E-state index is 5.23. The molecule has 0 unspecified atom stereocenters. The third-order valence-electron chi connectivity index (χ3n) is 2.46. The molecule has 0 spiro atoms. The van der Waals surface area contributed by atoms with Gasteiger partial charge in [-0.3, -0.25) is 0 Å². The number of aromatic nitrogens is 1. The van der Waals surface area contributed by atoms with E-state index in [0.29, 0.717) is 5.88 Å². The van der Waals surface area contributed by atoms with Crippen molar-refractivity contribution >= 4 is 0 Å². The van der Waals surface area contributed by atoms with Crippen LogP contribution in [0.15, 0.2) is 18.3 Å². The third-order valence-corrected chi connectivity index (χ3v) is 2.46. The Kier molecular flexibility index (Phi) is 5.82. The molecule has 4 heteroatoms. The Balaban J connectivity index is 2.48. The van der Waals surface area contributed by atoms with E-state index in [-0.39, 0.29) is 6.04 Å². The number of rotatable bonds is 7. The van der Waals surface area contributed by atoms with Crippen molar-refractivity contribution in [1.29, 1.82) is 0 Å². The Morgan fingerprint density at radius 2 is 2.25 bits per heavy atom. The average molecular weight is 223 g/mol. The highest BCUT2D eigenvalue weighted by molar-refractivity contribution is 5.28. The zero-order chi connectivity index (χ0) is 11.8. The van der Waals surface area contributed by atoms with Gasteiger partial charge in [-0.25, -0.2) is 4.98 Å². The molecule has 0 aromatic carbocycles. The molecule has 1 aromatic rings. The molecular weight excluding hydrogens is 202 g/mol. The standard InChI is InChI=1S/C12H21N3O/c1-4-13-8-9-14-10(2)11-6-5-7-15-12(11)16-3/h5-7,10,13-14H,4,8-9H2,1-3H3/t10-/m1/s1. The van der Waals surface area contributed by atoms with E-state index in [4.69, 9.17) is 4.74 Å². The summed E-state index contributed by atoms with van der Waals surface area (Å²) in [5.41, 5.74) is 1.10. The zero-order valence-electron chi connectivity index (χ0n) is 10.3. The minimum absolute atomic E-state index is 0.252. The van der Waals surface area contributed by atoms with Crippen LogP contribution >= 0.6 is 0 Å². The lowest BCUT2D eigenvalue weighted by molar-refractivity contribution is 0.384. The summed E-state index contributed by atoms with van der Waals surface area (Å²) in [6.45, 7) is 7.14. The lowest BCUT2D eigenvalue weighted by Crippen LogP contribution is -2.29. The summed E-state index contributed by atoms with van der Waals surface area (Å²) in [4.78, 5) is 4.18. The van der Waals surface area contributed by atoms with Crippen molar-refractivity contribution in [1.82, 2.24) is 15.6 Å². The first-order valence-corrected chi connectivity index (χ1v) is 5.72. The predicted molar refractivity (Wildman–Crippen MR) is 65.8 cm³/mol. The van der Waals surface area contributed by atoms with E-state index >= 15 is 0 Å². The van der Waals surface area contributed by atoms with Crippen LogP contribution in [0.2, 0.25) is 0 Å². The minimum Gasteiger partial charge on any atom is -0.481 e. The fraction of sp³-hybridized carbons (Fsp3) is 0.583. The number of ether oxygens (including phenoxy) is 1. The third kappa shape index (κ3) is 3.79. The molecular formula is C12H21N3O. The SMILES string of the molecule is CCNCCN[C@H](C)c1cccnc1OC.